The minimum Gasteiger partial charge on any atom is -0.351 e. The van der Waals surface area contributed by atoms with E-state index in [2.05, 4.69) is 25.9 Å². The molecule has 2 atom stereocenters. The van der Waals surface area contributed by atoms with Gasteiger partial charge in [0.1, 0.15) is 0 Å². The van der Waals surface area contributed by atoms with Crippen LogP contribution in [-0.2, 0) is 10.2 Å². The Morgan fingerprint density at radius 1 is 1.28 bits per heavy atom. The van der Waals surface area contributed by atoms with Crippen LogP contribution in [0.1, 0.15) is 31.2 Å². The summed E-state index contributed by atoms with van der Waals surface area (Å²) in [6.45, 7) is 0.349. The number of anilines is 1. The van der Waals surface area contributed by atoms with Crippen molar-refractivity contribution in [3.8, 4) is 0 Å². The van der Waals surface area contributed by atoms with Crippen LogP contribution in [0.15, 0.2) is 24.3 Å². The molecule has 2 heterocycles. The molecule has 1 saturated heterocycles. The standard InChI is InChI=1S/C18H20ClF3N6O/c19-13-3-1-11(2-4-13)17(6-7-17)15(29)23-14-9-12(18(20,21)22)5-8-28(10-14)16-24-26-27-25-16/h1-4,12,14H,5-10H2,(H,23,29)(H,24,25,26,27). The molecule has 156 valence electrons. The number of aromatic nitrogens is 4. The summed E-state index contributed by atoms with van der Waals surface area (Å²) in [7, 11) is 0. The van der Waals surface area contributed by atoms with Crippen LogP contribution in [0.4, 0.5) is 19.1 Å². The molecule has 4 rings (SSSR count). The summed E-state index contributed by atoms with van der Waals surface area (Å²) in [5.41, 5.74) is 0.139. The smallest absolute Gasteiger partial charge is 0.351 e. The van der Waals surface area contributed by atoms with Crippen LogP contribution in [0.25, 0.3) is 0 Å². The van der Waals surface area contributed by atoms with Gasteiger partial charge in [0.15, 0.2) is 0 Å². The Labute approximate surface area is 170 Å². The topological polar surface area (TPSA) is 86.8 Å². The summed E-state index contributed by atoms with van der Waals surface area (Å²) in [5, 5.41) is 16.8. The quantitative estimate of drug-likeness (QED) is 0.782. The number of alkyl halides is 3. The van der Waals surface area contributed by atoms with Gasteiger partial charge < -0.3 is 10.2 Å². The lowest BCUT2D eigenvalue weighted by Crippen LogP contribution is -2.47. The molecule has 1 amide bonds. The molecule has 2 fully saturated rings. The minimum absolute atomic E-state index is 0.0844. The predicted octanol–water partition coefficient (Wildman–Crippen LogP) is 2.85. The van der Waals surface area contributed by atoms with Gasteiger partial charge >= 0.3 is 6.18 Å². The molecule has 2 unspecified atom stereocenters. The van der Waals surface area contributed by atoms with Crippen LogP contribution in [0, 0.1) is 5.92 Å². The number of carbonyl (C=O) groups excluding carboxylic acids is 1. The zero-order valence-corrected chi connectivity index (χ0v) is 16.2. The minimum atomic E-state index is -4.33. The summed E-state index contributed by atoms with van der Waals surface area (Å²) in [4.78, 5) is 14.7. The van der Waals surface area contributed by atoms with Gasteiger partial charge in [0.05, 0.1) is 11.3 Å². The number of tetrazole rings is 1. The molecule has 7 nitrogen and oxygen atoms in total. The van der Waals surface area contributed by atoms with Gasteiger partial charge in [0, 0.05) is 24.2 Å². The highest BCUT2D eigenvalue weighted by atomic mass is 35.5. The largest absolute Gasteiger partial charge is 0.391 e. The third kappa shape index (κ3) is 4.17. The van der Waals surface area contributed by atoms with Crippen molar-refractivity contribution in [3.63, 3.8) is 0 Å². The van der Waals surface area contributed by atoms with Crippen molar-refractivity contribution in [2.24, 2.45) is 5.92 Å². The summed E-state index contributed by atoms with van der Waals surface area (Å²) < 4.78 is 40.4. The second-order valence-electron chi connectivity index (χ2n) is 7.69. The van der Waals surface area contributed by atoms with Gasteiger partial charge in [-0.15, -0.1) is 0 Å². The van der Waals surface area contributed by atoms with Crippen molar-refractivity contribution >= 4 is 23.5 Å². The Balaban J connectivity index is 1.53. The fraction of sp³-hybridized carbons (Fsp3) is 0.556. The average molecular weight is 429 g/mol. The average Bonchev–Trinajstić information content (AvgIpc) is 3.36. The first kappa shape index (κ1) is 19.9. The molecule has 2 N–H and O–H groups in total. The number of nitrogens with zero attached hydrogens (tertiary/aromatic N) is 4. The van der Waals surface area contributed by atoms with Crippen LogP contribution < -0.4 is 10.2 Å². The van der Waals surface area contributed by atoms with Crippen LogP contribution in [0.2, 0.25) is 5.02 Å². The molecule has 11 heteroatoms. The number of H-pyrrole nitrogens is 1. The first-order valence-corrected chi connectivity index (χ1v) is 9.78. The zero-order chi connectivity index (χ0) is 20.6. The Bertz CT molecular complexity index is 853. The lowest BCUT2D eigenvalue weighted by molar-refractivity contribution is -0.178. The van der Waals surface area contributed by atoms with E-state index in [0.29, 0.717) is 23.8 Å². The van der Waals surface area contributed by atoms with Crippen molar-refractivity contribution in [2.75, 3.05) is 18.0 Å². The molecular weight excluding hydrogens is 409 g/mol. The second-order valence-corrected chi connectivity index (χ2v) is 8.13. The normalized spacial score (nSPS) is 24.1. The molecule has 0 bridgehead atoms. The highest BCUT2D eigenvalue weighted by Gasteiger charge is 2.52. The monoisotopic (exact) mass is 428 g/mol. The first-order valence-electron chi connectivity index (χ1n) is 9.40. The molecule has 2 aromatic rings. The van der Waals surface area contributed by atoms with Gasteiger partial charge in [-0.25, -0.2) is 5.10 Å². The molecule has 2 aliphatic rings. The maximum Gasteiger partial charge on any atom is 0.391 e. The number of benzene rings is 1. The number of carbonyl (C=O) groups is 1. The highest BCUT2D eigenvalue weighted by Crippen LogP contribution is 2.49. The lowest BCUT2D eigenvalue weighted by atomic mass is 9.93. The van der Waals surface area contributed by atoms with Gasteiger partial charge in [0.25, 0.3) is 0 Å². The number of hydrogen-bond acceptors (Lipinski definition) is 5. The third-order valence-corrected chi connectivity index (χ3v) is 6.02. The predicted molar refractivity (Wildman–Crippen MR) is 99.5 cm³/mol. The van der Waals surface area contributed by atoms with E-state index < -0.39 is 23.6 Å². The number of aromatic amines is 1. The maximum absolute atomic E-state index is 13.5. The van der Waals surface area contributed by atoms with Crippen molar-refractivity contribution in [1.29, 1.82) is 0 Å². The summed E-state index contributed by atoms with van der Waals surface area (Å²) in [6.07, 6.45) is -3.27. The SMILES string of the molecule is O=C(NC1CC(C(F)(F)F)CCN(c2nnn[nH]2)C1)C1(c2ccc(Cl)cc2)CC1. The molecule has 1 aromatic carbocycles. The van der Waals surface area contributed by atoms with Crippen LogP contribution >= 0.6 is 11.6 Å². The Kier molecular flexibility index (Phi) is 5.14. The van der Waals surface area contributed by atoms with Crippen molar-refractivity contribution in [1.82, 2.24) is 25.9 Å². The number of rotatable bonds is 4. The molecule has 1 aromatic heterocycles. The Morgan fingerprint density at radius 2 is 2.00 bits per heavy atom. The van der Waals surface area contributed by atoms with Crippen molar-refractivity contribution in [3.05, 3.63) is 34.9 Å². The number of nitrogens with one attached hydrogen (secondary N) is 2. The van der Waals surface area contributed by atoms with Crippen molar-refractivity contribution in [2.45, 2.75) is 43.3 Å². The first-order chi connectivity index (χ1) is 13.8. The van der Waals surface area contributed by atoms with E-state index in [1.807, 2.05) is 0 Å². The molecule has 29 heavy (non-hydrogen) atoms. The van der Waals surface area contributed by atoms with Gasteiger partial charge in [0.2, 0.25) is 11.9 Å². The van der Waals surface area contributed by atoms with Gasteiger partial charge in [-0.05, 0) is 53.8 Å². The Hall–Kier alpha value is -2.36. The van der Waals surface area contributed by atoms with E-state index in [4.69, 9.17) is 11.6 Å². The number of hydrogen-bond donors (Lipinski definition) is 2. The summed E-state index contributed by atoms with van der Waals surface area (Å²) in [5.74, 6) is -1.45. The fourth-order valence-electron chi connectivity index (χ4n) is 3.95. The lowest BCUT2D eigenvalue weighted by Gasteiger charge is -2.27. The fourth-order valence-corrected chi connectivity index (χ4v) is 4.08. The molecular formula is C18H20ClF3N6O. The van der Waals surface area contributed by atoms with E-state index in [-0.39, 0.29) is 31.8 Å². The van der Waals surface area contributed by atoms with E-state index in [1.54, 1.807) is 29.2 Å². The molecule has 1 aliphatic carbocycles. The van der Waals surface area contributed by atoms with E-state index in [0.717, 1.165) is 5.56 Å². The molecule has 0 spiro atoms. The third-order valence-electron chi connectivity index (χ3n) is 5.77. The number of amides is 1. The van der Waals surface area contributed by atoms with E-state index in [9.17, 15) is 18.0 Å². The van der Waals surface area contributed by atoms with E-state index >= 15 is 0 Å². The van der Waals surface area contributed by atoms with Crippen LogP contribution in [0.5, 0.6) is 0 Å². The molecule has 1 saturated carbocycles. The number of halogens is 4. The van der Waals surface area contributed by atoms with Crippen LogP contribution in [0.3, 0.4) is 0 Å². The highest BCUT2D eigenvalue weighted by molar-refractivity contribution is 6.30. The van der Waals surface area contributed by atoms with Gasteiger partial charge in [-0.1, -0.05) is 28.8 Å². The Morgan fingerprint density at radius 3 is 2.59 bits per heavy atom. The second kappa shape index (κ2) is 7.47. The van der Waals surface area contributed by atoms with Gasteiger partial charge in [-0.3, -0.25) is 4.79 Å². The van der Waals surface area contributed by atoms with Crippen LogP contribution in [-0.4, -0.2) is 51.8 Å². The van der Waals surface area contributed by atoms with Crippen molar-refractivity contribution < 1.29 is 18.0 Å². The van der Waals surface area contributed by atoms with Gasteiger partial charge in [-0.2, -0.15) is 13.2 Å². The molecule has 0 radical (unpaired) electrons. The van der Waals surface area contributed by atoms with E-state index in [1.165, 1.54) is 0 Å². The zero-order valence-electron chi connectivity index (χ0n) is 15.4. The summed E-state index contributed by atoms with van der Waals surface area (Å²) >= 11 is 5.93. The summed E-state index contributed by atoms with van der Waals surface area (Å²) in [6, 6.07) is 6.36. The maximum atomic E-state index is 13.5. The molecule has 1 aliphatic heterocycles.